The molecule has 2 heterocycles. The minimum atomic E-state index is -0.365. The van der Waals surface area contributed by atoms with Crippen LogP contribution in [0.3, 0.4) is 0 Å². The quantitative estimate of drug-likeness (QED) is 0.789. The second-order valence-electron chi connectivity index (χ2n) is 4.50. The van der Waals surface area contributed by atoms with E-state index in [9.17, 15) is 9.18 Å². The third kappa shape index (κ3) is 3.51. The Morgan fingerprint density at radius 3 is 2.74 bits per heavy atom. The highest BCUT2D eigenvalue weighted by Crippen LogP contribution is 2.26. The Kier molecular flexibility index (Phi) is 4.29. The van der Waals surface area contributed by atoms with Crippen LogP contribution < -0.4 is 5.32 Å². The van der Waals surface area contributed by atoms with E-state index in [2.05, 4.69) is 25.8 Å². The average Bonchev–Trinajstić information content (AvgIpc) is 2.95. The maximum atomic E-state index is 12.9. The maximum Gasteiger partial charge on any atom is 0.258 e. The van der Waals surface area contributed by atoms with Gasteiger partial charge in [0.05, 0.1) is 5.56 Å². The summed E-state index contributed by atoms with van der Waals surface area (Å²) in [4.78, 5) is 16.6. The number of anilines is 1. The molecule has 3 aromatic rings. The van der Waals surface area contributed by atoms with Crippen molar-refractivity contribution in [1.29, 1.82) is 0 Å². The lowest BCUT2D eigenvalue weighted by atomic mass is 10.2. The number of rotatable bonds is 4. The molecule has 1 N–H and O–H groups in total. The van der Waals surface area contributed by atoms with E-state index in [4.69, 9.17) is 0 Å². The molecule has 0 fully saturated rings. The summed E-state index contributed by atoms with van der Waals surface area (Å²) in [6, 6.07) is 8.85. The molecule has 0 aliphatic rings. The summed E-state index contributed by atoms with van der Waals surface area (Å²) >= 11 is 1.18. The number of nitrogens with zero attached hydrogens (tertiary/aromatic N) is 5. The Hall–Kier alpha value is -2.81. The highest BCUT2D eigenvalue weighted by atomic mass is 32.2. The summed E-state index contributed by atoms with van der Waals surface area (Å²) in [6.45, 7) is 0. The molecule has 0 saturated carbocycles. The third-order valence-corrected chi connectivity index (χ3v) is 3.93. The fourth-order valence-electron chi connectivity index (χ4n) is 1.77. The monoisotopic (exact) mass is 330 g/mol. The minimum Gasteiger partial charge on any atom is -0.322 e. The van der Waals surface area contributed by atoms with Crippen LogP contribution >= 0.6 is 11.8 Å². The lowest BCUT2D eigenvalue weighted by Gasteiger charge is -2.08. The number of hydrogen-bond acceptors (Lipinski definition) is 6. The van der Waals surface area contributed by atoms with Gasteiger partial charge >= 0.3 is 0 Å². The van der Waals surface area contributed by atoms with Gasteiger partial charge in [-0.3, -0.25) is 4.79 Å². The van der Waals surface area contributed by atoms with E-state index in [0.29, 0.717) is 21.4 Å². The molecule has 0 radical (unpaired) electrons. The number of carbonyl (C=O) groups is 1. The Morgan fingerprint density at radius 2 is 2.04 bits per heavy atom. The zero-order chi connectivity index (χ0) is 16.2. The highest BCUT2D eigenvalue weighted by Gasteiger charge is 2.16. The van der Waals surface area contributed by atoms with Crippen molar-refractivity contribution in [3.8, 4) is 0 Å². The van der Waals surface area contributed by atoms with Crippen molar-refractivity contribution in [2.45, 2.75) is 10.2 Å². The number of halogens is 1. The van der Waals surface area contributed by atoms with Crippen molar-refractivity contribution in [2.24, 2.45) is 7.05 Å². The first kappa shape index (κ1) is 15.1. The molecule has 0 aliphatic heterocycles. The first-order valence-corrected chi connectivity index (χ1v) is 7.37. The van der Waals surface area contributed by atoms with Crippen molar-refractivity contribution in [3.63, 3.8) is 0 Å². The number of aryl methyl sites for hydroxylation is 1. The summed E-state index contributed by atoms with van der Waals surface area (Å²) in [5.74, 6) is -0.710. The molecule has 0 atom stereocenters. The van der Waals surface area contributed by atoms with Crippen LogP contribution in [0.2, 0.25) is 0 Å². The van der Waals surface area contributed by atoms with Gasteiger partial charge in [0.15, 0.2) is 0 Å². The summed E-state index contributed by atoms with van der Waals surface area (Å²) in [5.41, 5.74) is 0.876. The molecule has 116 valence electrons. The number of amides is 1. The molecule has 9 heteroatoms. The number of benzene rings is 1. The fourth-order valence-corrected chi connectivity index (χ4v) is 2.57. The standard InChI is InChI=1S/C14H11FN6OS/c1-21-14(18-19-20-21)23-13-11(3-2-8-16-13)12(22)17-10-6-4-9(15)5-7-10/h2-8H,1H3,(H,17,22). The molecule has 7 nitrogen and oxygen atoms in total. The van der Waals surface area contributed by atoms with E-state index in [-0.39, 0.29) is 11.7 Å². The number of hydrogen-bond donors (Lipinski definition) is 1. The van der Waals surface area contributed by atoms with E-state index >= 15 is 0 Å². The van der Waals surface area contributed by atoms with Crippen LogP contribution in [0.25, 0.3) is 0 Å². The van der Waals surface area contributed by atoms with E-state index in [1.165, 1.54) is 40.7 Å². The van der Waals surface area contributed by atoms with Gasteiger partial charge in [-0.05, 0) is 58.6 Å². The van der Waals surface area contributed by atoms with E-state index in [1.54, 1.807) is 25.4 Å². The Morgan fingerprint density at radius 1 is 1.26 bits per heavy atom. The molecule has 0 saturated heterocycles. The van der Waals surface area contributed by atoms with Crippen molar-refractivity contribution in [2.75, 3.05) is 5.32 Å². The van der Waals surface area contributed by atoms with Crippen LogP contribution in [0.4, 0.5) is 10.1 Å². The second kappa shape index (κ2) is 6.53. The van der Waals surface area contributed by atoms with E-state index in [1.807, 2.05) is 0 Å². The van der Waals surface area contributed by atoms with Crippen LogP contribution in [0.15, 0.2) is 52.8 Å². The first-order chi connectivity index (χ1) is 11.1. The van der Waals surface area contributed by atoms with Gasteiger partial charge in [-0.2, -0.15) is 0 Å². The van der Waals surface area contributed by atoms with Crippen LogP contribution in [0, 0.1) is 5.82 Å². The number of tetrazole rings is 1. The van der Waals surface area contributed by atoms with Crippen LogP contribution in [-0.4, -0.2) is 31.1 Å². The molecule has 2 aromatic heterocycles. The largest absolute Gasteiger partial charge is 0.322 e. The van der Waals surface area contributed by atoms with Gasteiger partial charge in [0.2, 0.25) is 5.16 Å². The van der Waals surface area contributed by atoms with Gasteiger partial charge in [0.1, 0.15) is 10.8 Å². The fraction of sp³-hybridized carbons (Fsp3) is 0.0714. The van der Waals surface area contributed by atoms with E-state index in [0.717, 1.165) is 0 Å². The summed E-state index contributed by atoms with van der Waals surface area (Å²) in [7, 11) is 1.70. The molecule has 3 rings (SSSR count). The molecular formula is C14H11FN6OS. The molecule has 1 aromatic carbocycles. The number of aromatic nitrogens is 5. The molecule has 0 aliphatic carbocycles. The lowest BCUT2D eigenvalue weighted by Crippen LogP contribution is -2.13. The van der Waals surface area contributed by atoms with Gasteiger partial charge in [-0.25, -0.2) is 14.1 Å². The molecule has 23 heavy (non-hydrogen) atoms. The van der Waals surface area contributed by atoms with Gasteiger partial charge in [-0.1, -0.05) is 0 Å². The third-order valence-electron chi connectivity index (χ3n) is 2.89. The number of pyridine rings is 1. The molecular weight excluding hydrogens is 319 g/mol. The number of nitrogens with one attached hydrogen (secondary N) is 1. The van der Waals surface area contributed by atoms with Crippen molar-refractivity contribution in [3.05, 3.63) is 54.0 Å². The molecule has 0 unspecified atom stereocenters. The van der Waals surface area contributed by atoms with Gasteiger partial charge in [-0.15, -0.1) is 5.10 Å². The van der Waals surface area contributed by atoms with Crippen molar-refractivity contribution in [1.82, 2.24) is 25.2 Å². The average molecular weight is 330 g/mol. The first-order valence-electron chi connectivity index (χ1n) is 6.55. The predicted molar refractivity (Wildman–Crippen MR) is 81.5 cm³/mol. The summed E-state index contributed by atoms with van der Waals surface area (Å²) in [5, 5.41) is 14.8. The van der Waals surface area contributed by atoms with Gasteiger partial charge in [0, 0.05) is 18.9 Å². The Balaban J connectivity index is 1.83. The molecule has 0 spiro atoms. The summed E-state index contributed by atoms with van der Waals surface area (Å²) < 4.78 is 14.4. The van der Waals surface area contributed by atoms with Crippen molar-refractivity contribution < 1.29 is 9.18 Å². The number of carbonyl (C=O) groups excluding carboxylic acids is 1. The van der Waals surface area contributed by atoms with E-state index < -0.39 is 0 Å². The van der Waals surface area contributed by atoms with Gasteiger partial charge in [0.25, 0.3) is 5.91 Å². The molecule has 0 bridgehead atoms. The topological polar surface area (TPSA) is 85.6 Å². The smallest absolute Gasteiger partial charge is 0.258 e. The minimum absolute atomic E-state index is 0.345. The zero-order valence-corrected chi connectivity index (χ0v) is 12.8. The highest BCUT2D eigenvalue weighted by molar-refractivity contribution is 7.99. The van der Waals surface area contributed by atoms with Crippen molar-refractivity contribution >= 4 is 23.4 Å². The zero-order valence-electron chi connectivity index (χ0n) is 12.0. The second-order valence-corrected chi connectivity index (χ2v) is 5.46. The van der Waals surface area contributed by atoms with Crippen LogP contribution in [0.1, 0.15) is 10.4 Å². The van der Waals surface area contributed by atoms with Gasteiger partial charge < -0.3 is 5.32 Å². The SMILES string of the molecule is Cn1nnnc1Sc1ncccc1C(=O)Nc1ccc(F)cc1. The molecule has 1 amide bonds. The Bertz CT molecular complexity index is 835. The lowest BCUT2D eigenvalue weighted by molar-refractivity contribution is 0.102. The predicted octanol–water partition coefficient (Wildman–Crippen LogP) is 2.15. The normalized spacial score (nSPS) is 10.5. The maximum absolute atomic E-state index is 12.9. The van der Waals surface area contributed by atoms with Crippen LogP contribution in [0.5, 0.6) is 0 Å². The Labute approximate surface area is 134 Å². The van der Waals surface area contributed by atoms with Crippen LogP contribution in [-0.2, 0) is 7.05 Å². The summed E-state index contributed by atoms with van der Waals surface area (Å²) in [6.07, 6.45) is 1.58.